The van der Waals surface area contributed by atoms with Gasteiger partial charge >= 0.3 is 0 Å². The van der Waals surface area contributed by atoms with Crippen molar-refractivity contribution >= 4 is 80.6 Å². The van der Waals surface area contributed by atoms with Gasteiger partial charge < -0.3 is 67.5 Å². The third-order valence-corrected chi connectivity index (χ3v) is 19.2. The molecule has 0 bridgehead atoms. The summed E-state index contributed by atoms with van der Waals surface area (Å²) in [5, 5.41) is 17.3. The molecule has 33 heteroatoms. The molecule has 3 aliphatic heterocycles. The average Bonchev–Trinajstić information content (AvgIpc) is 1.69. The molecule has 6 amide bonds. The second kappa shape index (κ2) is 40.1. The van der Waals surface area contributed by atoms with E-state index >= 15 is 0 Å². The van der Waals surface area contributed by atoms with Crippen LogP contribution < -0.4 is 18.9 Å². The number of pyridine rings is 2. The number of β-lactam (4-membered cyclic amide) rings is 1. The Morgan fingerprint density at radius 1 is 0.478 bits per heavy atom. The third kappa shape index (κ3) is 21.9. The highest BCUT2D eigenvalue weighted by atomic mass is 16.5. The van der Waals surface area contributed by atoms with E-state index in [2.05, 4.69) is 40.6 Å². The average molecular weight is 1570 g/mol. The van der Waals surface area contributed by atoms with E-state index in [9.17, 15) is 47.9 Å². The van der Waals surface area contributed by atoms with Crippen LogP contribution in [0, 0.1) is 0 Å². The zero-order valence-electron chi connectivity index (χ0n) is 64.0. The normalized spacial score (nSPS) is 14.7. The van der Waals surface area contributed by atoms with E-state index in [1.165, 1.54) is 34.0 Å². The Morgan fingerprint density at radius 2 is 0.922 bits per heavy atom. The van der Waals surface area contributed by atoms with E-state index in [0.717, 1.165) is 5.56 Å². The number of nitrogens with zero attached hydrogens (tertiary/aromatic N) is 13. The highest BCUT2D eigenvalue weighted by Gasteiger charge is 2.37. The maximum absolute atomic E-state index is 13.6. The zero-order valence-corrected chi connectivity index (χ0v) is 64.0. The van der Waals surface area contributed by atoms with Crippen molar-refractivity contribution in [3.05, 3.63) is 203 Å². The number of ether oxygens (including phenoxy) is 8. The number of fused-ring (bicyclic) bond motifs is 2. The molecule has 3 fully saturated rings. The molecule has 0 unspecified atom stereocenters. The number of ketones is 4. The lowest BCUT2D eigenvalue weighted by Crippen LogP contribution is -2.56. The van der Waals surface area contributed by atoms with Crippen molar-refractivity contribution in [1.29, 1.82) is 0 Å². The molecule has 0 spiro atoms. The van der Waals surface area contributed by atoms with Crippen LogP contribution in [-0.2, 0) is 75.6 Å². The van der Waals surface area contributed by atoms with Crippen molar-refractivity contribution in [3.8, 4) is 23.0 Å². The highest BCUT2D eigenvalue weighted by Crippen LogP contribution is 2.31. The minimum absolute atomic E-state index is 0.0156. The molecule has 3 aliphatic rings. The van der Waals surface area contributed by atoms with Gasteiger partial charge in [-0.05, 0) is 106 Å². The van der Waals surface area contributed by atoms with E-state index in [1.54, 1.807) is 105 Å². The first kappa shape index (κ1) is 81.8. The van der Waals surface area contributed by atoms with E-state index in [4.69, 9.17) is 37.9 Å². The predicted molar refractivity (Wildman–Crippen MR) is 413 cm³/mol. The van der Waals surface area contributed by atoms with Gasteiger partial charge in [0.1, 0.15) is 83.7 Å². The van der Waals surface area contributed by atoms with Crippen molar-refractivity contribution in [2.24, 2.45) is 0 Å². The van der Waals surface area contributed by atoms with Gasteiger partial charge in [-0.1, -0.05) is 59.0 Å². The number of aromatic amines is 2. The quantitative estimate of drug-likeness (QED) is 0.0102. The Labute approximate surface area is 661 Å². The second-order valence-electron chi connectivity index (χ2n) is 27.4. The first-order valence-corrected chi connectivity index (χ1v) is 37.9. The van der Waals surface area contributed by atoms with Crippen molar-refractivity contribution in [3.63, 3.8) is 0 Å². The van der Waals surface area contributed by atoms with E-state index in [0.29, 0.717) is 178 Å². The summed E-state index contributed by atoms with van der Waals surface area (Å²) in [4.78, 5) is 149. The van der Waals surface area contributed by atoms with Crippen LogP contribution in [0.3, 0.4) is 0 Å². The maximum Gasteiger partial charge on any atom is 0.295 e. The number of aryl methyl sites for hydroxylation is 1. The number of hydrogen-bond acceptors (Lipinski definition) is 24. The fraction of sp³-hybridized carbons (Fsp3) is 0.366. The fourth-order valence-corrected chi connectivity index (χ4v) is 13.1. The van der Waals surface area contributed by atoms with Gasteiger partial charge in [-0.2, -0.15) is 0 Å². The van der Waals surface area contributed by atoms with Crippen molar-refractivity contribution in [1.82, 2.24) is 74.4 Å². The van der Waals surface area contributed by atoms with Crippen LogP contribution in [0.5, 0.6) is 23.0 Å². The van der Waals surface area contributed by atoms with Gasteiger partial charge in [-0.15, -0.1) is 10.2 Å². The summed E-state index contributed by atoms with van der Waals surface area (Å²) in [6, 6.07) is 34.7. The lowest BCUT2D eigenvalue weighted by atomic mass is 10.1. The standard InChI is InChI=1S/C42H47N7O9.C40H42N8O9/c1-29-26-47(41(53)32-6-4-3-5-7-32)16-17-49(29)42(54)39(52)36-25-44-40-38(36)37(14-15-43-40)58-23-20-55-19-18-48-27-33(45-46-48)28-56-21-22-57-35-12-9-31(10-13-35)8-11-34(51)24-30(2)50;1-27-24-45(38(51)28-5-3-2-4-6-28)15-16-47(27)40(53)36(50)32-23-42-37-35(32)33(11-13-41-37)57-22-19-54-18-17-46-25-30(43-44-46)26-55-20-21-56-31-9-7-29(8-10-31)39(52)48-14-12-34(48)49/h3-7,9-10,12-15,25,27,29H,8,11,16-24,26,28H2,1-2H3,(H,43,44);2-11,13,23,25,27H,12,14-22,24,26H2,1H3,(H,41,42)/t29-;27-/m11/s1. The molecule has 13 rings (SSSR count). The monoisotopic (exact) mass is 1570 g/mol. The Balaban J connectivity index is 0.000000212. The largest absolute Gasteiger partial charge is 0.491 e. The Bertz CT molecular complexity index is 5030. The van der Waals surface area contributed by atoms with Crippen molar-refractivity contribution in [2.75, 3.05) is 112 Å². The van der Waals surface area contributed by atoms with Gasteiger partial charge in [-0.3, -0.25) is 52.8 Å². The number of nitrogens with one attached hydrogen (secondary N) is 2. The van der Waals surface area contributed by atoms with E-state index in [-0.39, 0.29) is 118 Å². The van der Waals surface area contributed by atoms with Gasteiger partial charge in [-0.25, -0.2) is 19.3 Å². The molecule has 0 saturated carbocycles. The van der Waals surface area contributed by atoms with Gasteiger partial charge in [0.05, 0.1) is 107 Å². The molecular weight excluding hydrogens is 1480 g/mol. The first-order chi connectivity index (χ1) is 55.9. The molecule has 2 atom stereocenters. The van der Waals surface area contributed by atoms with Crippen molar-refractivity contribution in [2.45, 2.75) is 84.8 Å². The highest BCUT2D eigenvalue weighted by molar-refractivity contribution is 6.45. The molecule has 10 aromatic rings. The second-order valence-corrected chi connectivity index (χ2v) is 27.4. The molecule has 0 radical (unpaired) electrons. The Morgan fingerprint density at radius 3 is 1.36 bits per heavy atom. The molecular formula is C82H89N15O18. The molecule has 2 N–H and O–H groups in total. The molecule has 4 aromatic carbocycles. The number of Topliss-reactive ketones (excluding diaryl/α,β-unsaturated/α-hetero) is 4. The molecule has 33 nitrogen and oxygen atoms in total. The van der Waals surface area contributed by atoms with E-state index in [1.807, 2.05) is 74.5 Å². The van der Waals surface area contributed by atoms with Crippen LogP contribution in [0.25, 0.3) is 22.1 Å². The lowest BCUT2D eigenvalue weighted by molar-refractivity contribution is -0.136. The smallest absolute Gasteiger partial charge is 0.295 e. The van der Waals surface area contributed by atoms with Gasteiger partial charge in [0.25, 0.3) is 41.1 Å². The summed E-state index contributed by atoms with van der Waals surface area (Å²) in [5.74, 6) is -1.44. The molecule has 0 aliphatic carbocycles. The van der Waals surface area contributed by atoms with Crippen LogP contribution in [0.4, 0.5) is 0 Å². The minimum Gasteiger partial charge on any atom is -0.491 e. The van der Waals surface area contributed by atoms with Crippen LogP contribution >= 0.6 is 0 Å². The summed E-state index contributed by atoms with van der Waals surface area (Å²) in [6.45, 7) is 11.6. The predicted octanol–water partition coefficient (Wildman–Crippen LogP) is 6.66. The van der Waals surface area contributed by atoms with Crippen LogP contribution in [0.1, 0.15) is 109 Å². The number of carbonyl (C=O) groups is 10. The zero-order chi connectivity index (χ0) is 80.6. The van der Waals surface area contributed by atoms with Crippen LogP contribution in [0.2, 0.25) is 0 Å². The van der Waals surface area contributed by atoms with Gasteiger partial charge in [0, 0.05) is 112 Å². The molecule has 6 aromatic heterocycles. The molecule has 115 heavy (non-hydrogen) atoms. The minimum atomic E-state index is -0.685. The number of amides is 6. The molecule has 3 saturated heterocycles. The number of imide groups is 1. The fourth-order valence-electron chi connectivity index (χ4n) is 13.1. The van der Waals surface area contributed by atoms with Crippen LogP contribution in [0.15, 0.2) is 159 Å². The first-order valence-electron chi connectivity index (χ1n) is 37.9. The third-order valence-electron chi connectivity index (χ3n) is 19.2. The van der Waals surface area contributed by atoms with E-state index < -0.39 is 23.4 Å². The Hall–Kier alpha value is -12.7. The lowest BCUT2D eigenvalue weighted by Gasteiger charge is -2.39. The number of piperazine rings is 2. The van der Waals surface area contributed by atoms with Gasteiger partial charge in [0.15, 0.2) is 0 Å². The number of benzene rings is 4. The number of carbonyl (C=O) groups excluding carboxylic acids is 10. The summed E-state index contributed by atoms with van der Waals surface area (Å²) in [7, 11) is 0. The number of aromatic nitrogens is 10. The molecule has 600 valence electrons. The van der Waals surface area contributed by atoms with Crippen LogP contribution in [-0.4, -0.2) is 257 Å². The molecule has 9 heterocycles. The number of hydrogen-bond donors (Lipinski definition) is 2. The summed E-state index contributed by atoms with van der Waals surface area (Å²) >= 11 is 0. The number of likely N-dealkylation sites (tertiary alicyclic amines) is 1. The summed E-state index contributed by atoms with van der Waals surface area (Å²) < 4.78 is 49.5. The van der Waals surface area contributed by atoms with Gasteiger partial charge in [0.2, 0.25) is 5.91 Å². The maximum atomic E-state index is 13.6. The SMILES string of the molecule is CC(=O)CC(=O)CCc1ccc(OCCOCc2cn(CCOCCOc3ccnc4[nH]cc(C(=O)C(=O)N5CCN(C(=O)c6ccccc6)C[C@H]5C)c34)nn2)cc1.C[C@@H]1CN(C(=O)c2ccccc2)CCN1C(=O)C(=O)c1c[nH]c2nccc(OCCOCCn3cc(COCCOc4ccc(C(=O)N5CCC5=O)cc4)nn3)c12. The summed E-state index contributed by atoms with van der Waals surface area (Å²) in [6.07, 6.45) is 10.9. The number of H-pyrrole nitrogens is 2. The number of rotatable bonds is 38. The Kier molecular flexibility index (Phi) is 28.5. The summed E-state index contributed by atoms with van der Waals surface area (Å²) in [5.41, 5.74) is 5.07. The van der Waals surface area contributed by atoms with Crippen molar-refractivity contribution < 1.29 is 85.8 Å². The topological polar surface area (TPSA) is 380 Å².